The van der Waals surface area contributed by atoms with Gasteiger partial charge in [0.25, 0.3) is 0 Å². The van der Waals surface area contributed by atoms with Gasteiger partial charge in [0, 0.05) is 27.7 Å². The zero-order chi connectivity index (χ0) is 44.1. The molecule has 1 heterocycles. The minimum atomic E-state index is -0.499. The number of hydrogen-bond donors (Lipinski definition) is 0. The number of rotatable bonds is 6. The van der Waals surface area contributed by atoms with Crippen molar-refractivity contribution >= 4 is 49.8 Å². The predicted octanol–water partition coefficient (Wildman–Crippen LogP) is 17.6. The predicted molar refractivity (Wildman–Crippen MR) is 279 cm³/mol. The van der Waals surface area contributed by atoms with E-state index >= 15 is 0 Å². The van der Waals surface area contributed by atoms with Crippen molar-refractivity contribution in [2.75, 3.05) is 4.90 Å². The van der Waals surface area contributed by atoms with Crippen LogP contribution in [-0.4, -0.2) is 0 Å². The lowest BCUT2D eigenvalue weighted by Crippen LogP contribution is -2.26. The highest BCUT2D eigenvalue weighted by Gasteiger charge is 2.51. The zero-order valence-electron chi connectivity index (χ0n) is 36.5. The number of anilines is 3. The van der Waals surface area contributed by atoms with Crippen LogP contribution in [0.25, 0.3) is 88.3 Å². The van der Waals surface area contributed by atoms with Crippen molar-refractivity contribution in [3.05, 3.63) is 271 Å². The van der Waals surface area contributed by atoms with E-state index in [0.29, 0.717) is 0 Å². The van der Waals surface area contributed by atoms with E-state index in [1.807, 2.05) is 0 Å². The van der Waals surface area contributed by atoms with Gasteiger partial charge in [0.2, 0.25) is 0 Å². The summed E-state index contributed by atoms with van der Waals surface area (Å²) in [6.45, 7) is 0. The van der Waals surface area contributed by atoms with Gasteiger partial charge in [-0.3, -0.25) is 0 Å². The second-order valence-electron chi connectivity index (χ2n) is 17.9. The fourth-order valence-electron chi connectivity index (χ4n) is 11.6. The summed E-state index contributed by atoms with van der Waals surface area (Å²) in [5, 5.41) is 4.42. The number of nitrogens with zero attached hydrogens (tertiary/aromatic N) is 1. The third-order valence-corrected chi connectivity index (χ3v) is 14.5. The van der Waals surface area contributed by atoms with Gasteiger partial charge in [-0.1, -0.05) is 206 Å². The molecule has 11 aromatic carbocycles. The molecule has 0 saturated heterocycles. The lowest BCUT2D eigenvalue weighted by molar-refractivity contribution is 0.673. The standard InChI is InChI=1S/C65H41NO/c1-3-15-42(16-4-1)44-27-29-47(30-28-44)50-39-40-61-62(56-37-33-46-19-7-8-20-51(46)64(56)67-61)63(50)66(48-34-31-45(32-35-48)43-17-5-2-6-18-43)49-36-38-55-54-23-11-14-26-59(54)65(60(55)41-49)57-24-12-9-21-52(57)53-22-10-13-25-58(53)65/h1-41H. The zero-order valence-corrected chi connectivity index (χ0v) is 36.5. The first-order valence-corrected chi connectivity index (χ1v) is 23.2. The maximum absolute atomic E-state index is 7.02. The Bertz CT molecular complexity index is 3840. The van der Waals surface area contributed by atoms with Gasteiger partial charge in [0.1, 0.15) is 11.2 Å². The summed E-state index contributed by atoms with van der Waals surface area (Å²) in [4.78, 5) is 2.51. The molecule has 0 unspecified atom stereocenters. The molecule has 0 atom stereocenters. The normalized spacial score (nSPS) is 12.9. The monoisotopic (exact) mass is 851 g/mol. The lowest BCUT2D eigenvalue weighted by Gasteiger charge is -2.33. The molecule has 2 nitrogen and oxygen atoms in total. The number of hydrogen-bond acceptors (Lipinski definition) is 2. The lowest BCUT2D eigenvalue weighted by atomic mass is 9.70. The Kier molecular flexibility index (Phi) is 8.23. The minimum Gasteiger partial charge on any atom is -0.455 e. The molecule has 0 aliphatic heterocycles. The Morgan fingerprint density at radius 2 is 0.791 bits per heavy atom. The minimum absolute atomic E-state index is 0.499. The van der Waals surface area contributed by atoms with Crippen molar-refractivity contribution in [3.8, 4) is 55.6 Å². The van der Waals surface area contributed by atoms with Gasteiger partial charge in [0.15, 0.2) is 0 Å². The Hall–Kier alpha value is -8.72. The Balaban J connectivity index is 1.08. The summed E-state index contributed by atoms with van der Waals surface area (Å²) in [6, 6.07) is 91.3. The molecule has 0 N–H and O–H groups in total. The van der Waals surface area contributed by atoms with Crippen LogP contribution in [0.4, 0.5) is 17.1 Å². The van der Waals surface area contributed by atoms with Gasteiger partial charge in [-0.05, 0) is 120 Å². The van der Waals surface area contributed by atoms with Crippen LogP contribution in [0, 0.1) is 0 Å². The van der Waals surface area contributed by atoms with Crippen molar-refractivity contribution < 1.29 is 4.42 Å². The van der Waals surface area contributed by atoms with E-state index in [4.69, 9.17) is 4.42 Å². The van der Waals surface area contributed by atoms with Gasteiger partial charge < -0.3 is 9.32 Å². The highest BCUT2D eigenvalue weighted by Crippen LogP contribution is 2.63. The summed E-state index contributed by atoms with van der Waals surface area (Å²) in [7, 11) is 0. The maximum atomic E-state index is 7.02. The van der Waals surface area contributed by atoms with Gasteiger partial charge in [-0.2, -0.15) is 0 Å². The molecule has 312 valence electrons. The summed E-state index contributed by atoms with van der Waals surface area (Å²) in [5.74, 6) is 0. The number of furan rings is 1. The Morgan fingerprint density at radius 1 is 0.313 bits per heavy atom. The molecule has 2 aliphatic rings. The quantitative estimate of drug-likeness (QED) is 0.166. The molecule has 1 spiro atoms. The van der Waals surface area contributed by atoms with E-state index in [1.165, 1.54) is 66.8 Å². The second-order valence-corrected chi connectivity index (χ2v) is 17.9. The van der Waals surface area contributed by atoms with Crippen LogP contribution in [-0.2, 0) is 5.41 Å². The molecule has 1 aromatic heterocycles. The Labute approximate surface area is 389 Å². The maximum Gasteiger partial charge on any atom is 0.143 e. The molecule has 2 heteroatoms. The molecular weight excluding hydrogens is 811 g/mol. The van der Waals surface area contributed by atoms with Gasteiger partial charge in [-0.25, -0.2) is 0 Å². The van der Waals surface area contributed by atoms with Crippen molar-refractivity contribution in [1.82, 2.24) is 0 Å². The fraction of sp³-hybridized carbons (Fsp3) is 0.0154. The molecule has 2 aliphatic carbocycles. The summed E-state index contributed by atoms with van der Waals surface area (Å²) >= 11 is 0. The van der Waals surface area contributed by atoms with Crippen LogP contribution >= 0.6 is 0 Å². The number of benzene rings is 11. The topological polar surface area (TPSA) is 16.4 Å². The van der Waals surface area contributed by atoms with E-state index in [2.05, 4.69) is 254 Å². The highest BCUT2D eigenvalue weighted by atomic mass is 16.3. The largest absolute Gasteiger partial charge is 0.455 e. The van der Waals surface area contributed by atoms with Gasteiger partial charge in [0.05, 0.1) is 16.5 Å². The van der Waals surface area contributed by atoms with E-state index < -0.39 is 5.41 Å². The van der Waals surface area contributed by atoms with E-state index in [1.54, 1.807) is 0 Å². The highest BCUT2D eigenvalue weighted by molar-refractivity contribution is 6.22. The van der Waals surface area contributed by atoms with Crippen LogP contribution < -0.4 is 4.90 Å². The summed E-state index contributed by atoms with van der Waals surface area (Å²) < 4.78 is 7.02. The molecule has 0 radical (unpaired) electrons. The average molecular weight is 852 g/mol. The van der Waals surface area contributed by atoms with Crippen LogP contribution in [0.2, 0.25) is 0 Å². The third kappa shape index (κ3) is 5.51. The van der Waals surface area contributed by atoms with Crippen LogP contribution in [0.3, 0.4) is 0 Å². The van der Waals surface area contributed by atoms with E-state index in [9.17, 15) is 0 Å². The first kappa shape index (κ1) is 37.6. The fourth-order valence-corrected chi connectivity index (χ4v) is 11.6. The van der Waals surface area contributed by atoms with Crippen LogP contribution in [0.5, 0.6) is 0 Å². The summed E-state index contributed by atoms with van der Waals surface area (Å²) in [5.41, 5.74) is 21.8. The molecular formula is C65H41NO. The molecule has 0 amide bonds. The molecule has 12 aromatic rings. The molecule has 67 heavy (non-hydrogen) atoms. The van der Waals surface area contributed by atoms with Gasteiger partial charge in [-0.15, -0.1) is 0 Å². The molecule has 0 saturated carbocycles. The van der Waals surface area contributed by atoms with Crippen molar-refractivity contribution in [2.45, 2.75) is 5.41 Å². The average Bonchev–Trinajstić information content (AvgIpc) is 4.04. The van der Waals surface area contributed by atoms with Gasteiger partial charge >= 0.3 is 0 Å². The molecule has 0 fully saturated rings. The van der Waals surface area contributed by atoms with Crippen LogP contribution in [0.15, 0.2) is 253 Å². The van der Waals surface area contributed by atoms with Crippen molar-refractivity contribution in [2.24, 2.45) is 0 Å². The van der Waals surface area contributed by atoms with E-state index in [-0.39, 0.29) is 0 Å². The first-order chi connectivity index (χ1) is 33.2. The smallest absolute Gasteiger partial charge is 0.143 e. The van der Waals surface area contributed by atoms with Crippen molar-refractivity contribution in [3.63, 3.8) is 0 Å². The van der Waals surface area contributed by atoms with Crippen molar-refractivity contribution in [1.29, 1.82) is 0 Å². The molecule has 14 rings (SSSR count). The SMILES string of the molecule is c1ccc(-c2ccc(-c3ccc4oc5c6ccccc6ccc5c4c3N(c3ccc(-c4ccccc4)cc3)c3ccc4c(c3)C3(c5ccccc5-c5ccccc53)c3ccccc3-4)cc2)cc1. The summed E-state index contributed by atoms with van der Waals surface area (Å²) in [6.07, 6.45) is 0. The number of fused-ring (bicyclic) bond motifs is 15. The third-order valence-electron chi connectivity index (χ3n) is 14.5. The molecule has 0 bridgehead atoms. The Morgan fingerprint density at radius 3 is 1.42 bits per heavy atom. The van der Waals surface area contributed by atoms with E-state index in [0.717, 1.165) is 60.9 Å². The van der Waals surface area contributed by atoms with Crippen LogP contribution in [0.1, 0.15) is 22.3 Å². The second kappa shape index (κ2) is 14.7. The first-order valence-electron chi connectivity index (χ1n) is 23.2.